The van der Waals surface area contributed by atoms with Crippen molar-refractivity contribution in [2.75, 3.05) is 12.8 Å². The van der Waals surface area contributed by atoms with Gasteiger partial charge in [-0.3, -0.25) is 15.1 Å². The van der Waals surface area contributed by atoms with E-state index in [2.05, 4.69) is 9.97 Å². The Morgan fingerprint density at radius 3 is 2.75 bits per heavy atom. The van der Waals surface area contributed by atoms with Gasteiger partial charge in [0.05, 0.1) is 36.2 Å². The molecule has 1 aromatic carbocycles. The second-order valence-corrected chi connectivity index (χ2v) is 3.81. The van der Waals surface area contributed by atoms with Crippen LogP contribution in [0.5, 0.6) is 11.5 Å². The van der Waals surface area contributed by atoms with Crippen molar-refractivity contribution in [1.82, 2.24) is 9.97 Å². The number of nitrogens with zero attached hydrogens (tertiary/aromatic N) is 3. The normalized spacial score (nSPS) is 10.1. The van der Waals surface area contributed by atoms with Crippen LogP contribution < -0.4 is 15.2 Å². The van der Waals surface area contributed by atoms with E-state index < -0.39 is 4.92 Å². The topological polar surface area (TPSA) is 113 Å². The lowest BCUT2D eigenvalue weighted by Crippen LogP contribution is -2.01. The minimum Gasteiger partial charge on any atom is -0.490 e. The lowest BCUT2D eigenvalue weighted by atomic mass is 10.3. The van der Waals surface area contributed by atoms with Crippen LogP contribution in [-0.2, 0) is 6.61 Å². The molecule has 0 saturated heterocycles. The van der Waals surface area contributed by atoms with E-state index in [1.165, 1.54) is 31.6 Å². The predicted octanol–water partition coefficient (Wildman–Crippen LogP) is 1.55. The van der Waals surface area contributed by atoms with E-state index in [1.807, 2.05) is 0 Å². The smallest absolute Gasteiger partial charge is 0.314 e. The van der Waals surface area contributed by atoms with E-state index in [0.29, 0.717) is 17.3 Å². The Morgan fingerprint density at radius 2 is 2.15 bits per heavy atom. The van der Waals surface area contributed by atoms with Crippen molar-refractivity contribution in [2.45, 2.75) is 6.61 Å². The monoisotopic (exact) mass is 276 g/mol. The van der Waals surface area contributed by atoms with E-state index in [9.17, 15) is 10.1 Å². The third kappa shape index (κ3) is 3.10. The number of methoxy groups -OCH3 is 1. The number of anilines is 1. The van der Waals surface area contributed by atoms with Crippen molar-refractivity contribution in [2.24, 2.45) is 0 Å². The van der Waals surface area contributed by atoms with Crippen LogP contribution in [0.15, 0.2) is 30.6 Å². The van der Waals surface area contributed by atoms with Gasteiger partial charge in [0.15, 0.2) is 5.75 Å². The van der Waals surface area contributed by atoms with Crippen LogP contribution in [0.4, 0.5) is 11.5 Å². The molecule has 2 aromatic rings. The number of ether oxygens (including phenoxy) is 2. The largest absolute Gasteiger partial charge is 0.490 e. The number of nitro benzene ring substituents is 1. The number of rotatable bonds is 5. The second kappa shape index (κ2) is 5.83. The maximum atomic E-state index is 10.9. The van der Waals surface area contributed by atoms with Gasteiger partial charge in [0.1, 0.15) is 18.2 Å². The second-order valence-electron chi connectivity index (χ2n) is 3.81. The van der Waals surface area contributed by atoms with Crippen molar-refractivity contribution >= 4 is 11.5 Å². The van der Waals surface area contributed by atoms with Crippen LogP contribution in [0.25, 0.3) is 0 Å². The number of aromatic nitrogens is 2. The molecule has 0 radical (unpaired) electrons. The number of hydrogen-bond acceptors (Lipinski definition) is 7. The van der Waals surface area contributed by atoms with Gasteiger partial charge in [-0.25, -0.2) is 4.98 Å². The number of hydrogen-bond donors (Lipinski definition) is 1. The summed E-state index contributed by atoms with van der Waals surface area (Å²) in [6.45, 7) is 0.136. The standard InChI is InChI=1S/C12H12N4O4/c1-19-11-3-2-9(4-10(11)16(17)18)20-7-8-5-15-12(13)6-14-8/h2-6H,7H2,1H3,(H2,13,15). The van der Waals surface area contributed by atoms with Gasteiger partial charge in [0.2, 0.25) is 0 Å². The van der Waals surface area contributed by atoms with Gasteiger partial charge in [-0.1, -0.05) is 0 Å². The number of benzene rings is 1. The van der Waals surface area contributed by atoms with Gasteiger partial charge < -0.3 is 15.2 Å². The average Bonchev–Trinajstić information content (AvgIpc) is 2.46. The lowest BCUT2D eigenvalue weighted by molar-refractivity contribution is -0.385. The quantitative estimate of drug-likeness (QED) is 0.651. The highest BCUT2D eigenvalue weighted by atomic mass is 16.6. The molecule has 0 amide bonds. The Hall–Kier alpha value is -2.90. The fraction of sp³-hybridized carbons (Fsp3) is 0.167. The summed E-state index contributed by atoms with van der Waals surface area (Å²) in [7, 11) is 1.37. The van der Waals surface area contributed by atoms with Crippen molar-refractivity contribution in [3.63, 3.8) is 0 Å². The number of nitro groups is 1. The third-order valence-electron chi connectivity index (χ3n) is 2.46. The molecule has 0 atom stereocenters. The molecule has 0 saturated carbocycles. The first-order valence-corrected chi connectivity index (χ1v) is 5.62. The summed E-state index contributed by atoms with van der Waals surface area (Å²) in [5.74, 6) is 0.833. The molecule has 2 N–H and O–H groups in total. The Kier molecular flexibility index (Phi) is 3.94. The first kappa shape index (κ1) is 13.5. The van der Waals surface area contributed by atoms with E-state index in [1.54, 1.807) is 6.07 Å². The van der Waals surface area contributed by atoms with Crippen LogP contribution in [-0.4, -0.2) is 22.0 Å². The van der Waals surface area contributed by atoms with Crippen molar-refractivity contribution < 1.29 is 14.4 Å². The summed E-state index contributed by atoms with van der Waals surface area (Å²) in [6, 6.07) is 4.35. The zero-order valence-electron chi connectivity index (χ0n) is 10.6. The van der Waals surface area contributed by atoms with Crippen molar-refractivity contribution in [3.8, 4) is 11.5 Å². The molecule has 2 rings (SSSR count). The zero-order chi connectivity index (χ0) is 14.5. The Balaban J connectivity index is 2.11. The summed E-state index contributed by atoms with van der Waals surface area (Å²) < 4.78 is 10.3. The van der Waals surface area contributed by atoms with Crippen LogP contribution in [0.3, 0.4) is 0 Å². The number of nitrogens with two attached hydrogens (primary N) is 1. The first-order valence-electron chi connectivity index (χ1n) is 5.62. The summed E-state index contributed by atoms with van der Waals surface area (Å²) in [6.07, 6.45) is 2.89. The molecule has 1 heterocycles. The molecule has 8 nitrogen and oxygen atoms in total. The van der Waals surface area contributed by atoms with Gasteiger partial charge in [-0.2, -0.15) is 0 Å². The highest BCUT2D eigenvalue weighted by Gasteiger charge is 2.15. The third-order valence-corrected chi connectivity index (χ3v) is 2.46. The highest BCUT2D eigenvalue weighted by Crippen LogP contribution is 2.30. The molecule has 0 fully saturated rings. The van der Waals surface area contributed by atoms with Gasteiger partial charge in [0, 0.05) is 0 Å². The fourth-order valence-corrected chi connectivity index (χ4v) is 1.50. The Bertz CT molecular complexity index is 615. The SMILES string of the molecule is COc1ccc(OCc2cnc(N)cn2)cc1[N+](=O)[O-]. The average molecular weight is 276 g/mol. The minimum absolute atomic E-state index is 0.136. The van der Waals surface area contributed by atoms with E-state index in [-0.39, 0.29) is 18.0 Å². The molecule has 0 unspecified atom stereocenters. The highest BCUT2D eigenvalue weighted by molar-refractivity contribution is 5.50. The van der Waals surface area contributed by atoms with Crippen molar-refractivity contribution in [1.29, 1.82) is 0 Å². The molecular formula is C12H12N4O4. The summed E-state index contributed by atoms with van der Waals surface area (Å²) >= 11 is 0. The van der Waals surface area contributed by atoms with Crippen LogP contribution >= 0.6 is 0 Å². The molecule has 1 aromatic heterocycles. The Labute approximate surface area is 114 Å². The summed E-state index contributed by atoms with van der Waals surface area (Å²) in [4.78, 5) is 18.2. The fourth-order valence-electron chi connectivity index (χ4n) is 1.50. The molecular weight excluding hydrogens is 264 g/mol. The van der Waals surface area contributed by atoms with Gasteiger partial charge in [-0.05, 0) is 12.1 Å². The molecule has 0 aliphatic rings. The Morgan fingerprint density at radius 1 is 1.35 bits per heavy atom. The molecule has 0 bridgehead atoms. The van der Waals surface area contributed by atoms with Crippen LogP contribution in [0, 0.1) is 10.1 Å². The van der Waals surface area contributed by atoms with Crippen LogP contribution in [0.1, 0.15) is 5.69 Å². The first-order chi connectivity index (χ1) is 9.60. The van der Waals surface area contributed by atoms with E-state index >= 15 is 0 Å². The molecule has 8 heteroatoms. The van der Waals surface area contributed by atoms with Gasteiger partial charge >= 0.3 is 5.69 Å². The van der Waals surface area contributed by atoms with Crippen LogP contribution in [0.2, 0.25) is 0 Å². The predicted molar refractivity (Wildman–Crippen MR) is 70.4 cm³/mol. The van der Waals surface area contributed by atoms with Crippen molar-refractivity contribution in [3.05, 3.63) is 46.4 Å². The zero-order valence-corrected chi connectivity index (χ0v) is 10.6. The minimum atomic E-state index is -0.533. The summed E-state index contributed by atoms with van der Waals surface area (Å²) in [5.41, 5.74) is 5.82. The maximum Gasteiger partial charge on any atom is 0.314 e. The lowest BCUT2D eigenvalue weighted by Gasteiger charge is -2.07. The van der Waals surface area contributed by atoms with E-state index in [4.69, 9.17) is 15.2 Å². The molecule has 104 valence electrons. The number of nitrogen functional groups attached to an aromatic ring is 1. The molecule has 20 heavy (non-hydrogen) atoms. The molecule has 0 aliphatic heterocycles. The van der Waals surface area contributed by atoms with Gasteiger partial charge in [-0.15, -0.1) is 0 Å². The maximum absolute atomic E-state index is 10.9. The molecule has 0 aliphatic carbocycles. The van der Waals surface area contributed by atoms with Gasteiger partial charge in [0.25, 0.3) is 0 Å². The van der Waals surface area contributed by atoms with E-state index in [0.717, 1.165) is 0 Å². The summed E-state index contributed by atoms with van der Waals surface area (Å²) in [5, 5.41) is 10.9. The molecule has 0 spiro atoms.